The van der Waals surface area contributed by atoms with Crippen molar-refractivity contribution >= 4 is 10.8 Å². The van der Waals surface area contributed by atoms with Gasteiger partial charge in [-0.25, -0.2) is 4.68 Å². The lowest BCUT2D eigenvalue weighted by molar-refractivity contribution is 0.481. The Balaban J connectivity index is 3.09. The van der Waals surface area contributed by atoms with E-state index in [1.54, 1.807) is 19.2 Å². The Morgan fingerprint density at radius 2 is 2.14 bits per heavy atom. The molecule has 0 saturated carbocycles. The van der Waals surface area contributed by atoms with Crippen molar-refractivity contribution in [2.75, 3.05) is 0 Å². The Morgan fingerprint density at radius 1 is 1.43 bits per heavy atom. The number of rotatable bonds is 0. The van der Waals surface area contributed by atoms with Gasteiger partial charge in [0.2, 0.25) is 0 Å². The number of benzene rings is 1. The molecular formula is C10H10N2O2. The quantitative estimate of drug-likeness (QED) is 0.672. The third-order valence-electron chi connectivity index (χ3n) is 2.30. The average Bonchev–Trinajstić information content (AvgIpc) is 2.16. The highest BCUT2D eigenvalue weighted by molar-refractivity contribution is 5.89. The van der Waals surface area contributed by atoms with E-state index in [-0.39, 0.29) is 11.3 Å². The molecule has 0 aliphatic carbocycles. The Morgan fingerprint density at radius 3 is 2.86 bits per heavy atom. The van der Waals surface area contributed by atoms with Crippen molar-refractivity contribution in [3.05, 3.63) is 34.2 Å². The topological polar surface area (TPSA) is 55.1 Å². The van der Waals surface area contributed by atoms with Crippen LogP contribution in [0.5, 0.6) is 5.75 Å². The van der Waals surface area contributed by atoms with Gasteiger partial charge in [0.25, 0.3) is 5.56 Å². The van der Waals surface area contributed by atoms with Crippen molar-refractivity contribution in [2.45, 2.75) is 6.92 Å². The smallest absolute Gasteiger partial charge is 0.274 e. The van der Waals surface area contributed by atoms with Gasteiger partial charge in [-0.05, 0) is 18.6 Å². The maximum atomic E-state index is 11.7. The van der Waals surface area contributed by atoms with Crippen LogP contribution in [0.25, 0.3) is 10.8 Å². The molecule has 1 N–H and O–H groups in total. The molecule has 0 aliphatic rings. The fourth-order valence-corrected chi connectivity index (χ4v) is 1.49. The SMILES string of the molecule is Cc1ccc(O)c2cnn(C)c(=O)c12. The van der Waals surface area contributed by atoms with Gasteiger partial charge < -0.3 is 5.11 Å². The molecule has 0 aliphatic heterocycles. The molecular weight excluding hydrogens is 180 g/mol. The van der Waals surface area contributed by atoms with E-state index in [9.17, 15) is 9.90 Å². The lowest BCUT2D eigenvalue weighted by Crippen LogP contribution is -2.19. The molecule has 14 heavy (non-hydrogen) atoms. The van der Waals surface area contributed by atoms with E-state index in [0.29, 0.717) is 10.8 Å². The van der Waals surface area contributed by atoms with Crippen LogP contribution in [-0.2, 0) is 7.05 Å². The van der Waals surface area contributed by atoms with E-state index in [1.807, 2.05) is 6.92 Å². The molecule has 2 aromatic rings. The van der Waals surface area contributed by atoms with Crippen LogP contribution >= 0.6 is 0 Å². The Hall–Kier alpha value is -1.84. The van der Waals surface area contributed by atoms with Crippen molar-refractivity contribution in [1.29, 1.82) is 0 Å². The van der Waals surface area contributed by atoms with E-state index in [4.69, 9.17) is 0 Å². The van der Waals surface area contributed by atoms with E-state index in [2.05, 4.69) is 5.10 Å². The van der Waals surface area contributed by atoms with Crippen molar-refractivity contribution < 1.29 is 5.11 Å². The molecule has 0 radical (unpaired) electrons. The molecule has 4 nitrogen and oxygen atoms in total. The van der Waals surface area contributed by atoms with E-state index < -0.39 is 0 Å². The highest BCUT2D eigenvalue weighted by Gasteiger charge is 2.07. The third kappa shape index (κ3) is 1.08. The molecule has 0 atom stereocenters. The van der Waals surface area contributed by atoms with Gasteiger partial charge in [0, 0.05) is 12.4 Å². The molecule has 72 valence electrons. The molecule has 4 heteroatoms. The number of fused-ring (bicyclic) bond motifs is 1. The van der Waals surface area contributed by atoms with Gasteiger partial charge in [0.05, 0.1) is 11.6 Å². The van der Waals surface area contributed by atoms with Crippen molar-refractivity contribution in [3.8, 4) is 5.75 Å². The molecule has 0 saturated heterocycles. The van der Waals surface area contributed by atoms with Gasteiger partial charge in [0.15, 0.2) is 0 Å². The molecule has 0 bridgehead atoms. The summed E-state index contributed by atoms with van der Waals surface area (Å²) in [7, 11) is 1.59. The minimum absolute atomic E-state index is 0.0933. The van der Waals surface area contributed by atoms with Gasteiger partial charge in [-0.1, -0.05) is 6.07 Å². The first kappa shape index (κ1) is 8.74. The van der Waals surface area contributed by atoms with E-state index >= 15 is 0 Å². The van der Waals surface area contributed by atoms with Crippen LogP contribution in [-0.4, -0.2) is 14.9 Å². The Labute approximate surface area is 80.4 Å². The molecule has 1 heterocycles. The number of aromatic hydroxyl groups is 1. The summed E-state index contributed by atoms with van der Waals surface area (Å²) in [4.78, 5) is 11.7. The first-order valence-electron chi connectivity index (χ1n) is 4.26. The van der Waals surface area contributed by atoms with Crippen molar-refractivity contribution in [1.82, 2.24) is 9.78 Å². The maximum Gasteiger partial charge on any atom is 0.274 e. The number of phenolic OH excluding ortho intramolecular Hbond substituents is 1. The minimum Gasteiger partial charge on any atom is -0.507 e. The zero-order valence-electron chi connectivity index (χ0n) is 7.98. The maximum absolute atomic E-state index is 11.7. The number of hydrogen-bond donors (Lipinski definition) is 1. The summed E-state index contributed by atoms with van der Waals surface area (Å²) >= 11 is 0. The summed E-state index contributed by atoms with van der Waals surface area (Å²) in [6.07, 6.45) is 1.50. The van der Waals surface area contributed by atoms with Crippen LogP contribution in [0.2, 0.25) is 0 Å². The summed E-state index contributed by atoms with van der Waals surface area (Å²) in [6.45, 7) is 1.84. The molecule has 0 spiro atoms. The lowest BCUT2D eigenvalue weighted by Gasteiger charge is -2.04. The van der Waals surface area contributed by atoms with E-state index in [0.717, 1.165) is 5.56 Å². The van der Waals surface area contributed by atoms with Crippen molar-refractivity contribution in [2.24, 2.45) is 7.05 Å². The van der Waals surface area contributed by atoms with Crippen LogP contribution in [0.1, 0.15) is 5.56 Å². The normalized spacial score (nSPS) is 10.7. The van der Waals surface area contributed by atoms with Crippen LogP contribution in [0, 0.1) is 6.92 Å². The molecule has 1 aromatic carbocycles. The van der Waals surface area contributed by atoms with Gasteiger partial charge in [0.1, 0.15) is 5.75 Å². The molecule has 0 fully saturated rings. The zero-order chi connectivity index (χ0) is 10.3. The Kier molecular flexibility index (Phi) is 1.77. The monoisotopic (exact) mass is 190 g/mol. The predicted octanol–water partition coefficient (Wildman–Crippen LogP) is 0.948. The second kappa shape index (κ2) is 2.83. The second-order valence-corrected chi connectivity index (χ2v) is 3.26. The van der Waals surface area contributed by atoms with Gasteiger partial charge in [-0.2, -0.15) is 5.10 Å². The van der Waals surface area contributed by atoms with Gasteiger partial charge in [-0.3, -0.25) is 4.79 Å². The number of aromatic nitrogens is 2. The second-order valence-electron chi connectivity index (χ2n) is 3.26. The fourth-order valence-electron chi connectivity index (χ4n) is 1.49. The average molecular weight is 190 g/mol. The van der Waals surface area contributed by atoms with Crippen molar-refractivity contribution in [3.63, 3.8) is 0 Å². The van der Waals surface area contributed by atoms with Gasteiger partial charge >= 0.3 is 0 Å². The van der Waals surface area contributed by atoms with Crippen LogP contribution in [0.15, 0.2) is 23.1 Å². The standard InChI is InChI=1S/C10H10N2O2/c1-6-3-4-8(13)7-5-11-12(2)10(14)9(6)7/h3-5,13H,1-2H3. The summed E-state index contributed by atoms with van der Waals surface area (Å²) in [5.41, 5.74) is 0.664. The zero-order valence-corrected chi connectivity index (χ0v) is 7.98. The first-order valence-corrected chi connectivity index (χ1v) is 4.26. The molecule has 0 unspecified atom stereocenters. The first-order chi connectivity index (χ1) is 6.61. The minimum atomic E-state index is -0.184. The summed E-state index contributed by atoms with van der Waals surface area (Å²) in [5, 5.41) is 14.4. The molecule has 1 aromatic heterocycles. The number of phenols is 1. The van der Waals surface area contributed by atoms with Crippen LogP contribution < -0.4 is 5.56 Å². The predicted molar refractivity (Wildman–Crippen MR) is 53.4 cm³/mol. The largest absolute Gasteiger partial charge is 0.507 e. The van der Waals surface area contributed by atoms with Crippen LogP contribution in [0.3, 0.4) is 0 Å². The number of nitrogens with zero attached hydrogens (tertiary/aromatic N) is 2. The lowest BCUT2D eigenvalue weighted by atomic mass is 10.1. The Bertz CT molecular complexity index is 558. The fraction of sp³-hybridized carbons (Fsp3) is 0.200. The van der Waals surface area contributed by atoms with Gasteiger partial charge in [-0.15, -0.1) is 0 Å². The van der Waals surface area contributed by atoms with Crippen LogP contribution in [0.4, 0.5) is 0 Å². The summed E-state index contributed by atoms with van der Waals surface area (Å²) < 4.78 is 1.26. The van der Waals surface area contributed by atoms with E-state index in [1.165, 1.54) is 10.9 Å². The number of hydrogen-bond acceptors (Lipinski definition) is 3. The molecule has 2 rings (SSSR count). The summed E-state index contributed by atoms with van der Waals surface area (Å²) in [5.74, 6) is 0.0933. The highest BCUT2D eigenvalue weighted by atomic mass is 16.3. The molecule has 0 amide bonds. The highest BCUT2D eigenvalue weighted by Crippen LogP contribution is 2.23. The third-order valence-corrected chi connectivity index (χ3v) is 2.30. The number of aryl methyl sites for hydroxylation is 2. The summed E-state index contributed by atoms with van der Waals surface area (Å²) in [6, 6.07) is 3.29.